The van der Waals surface area contributed by atoms with Gasteiger partial charge in [0.05, 0.1) is 11.9 Å². The van der Waals surface area contributed by atoms with Crippen molar-refractivity contribution in [2.45, 2.75) is 17.9 Å². The molecule has 0 aromatic heterocycles. The van der Waals surface area contributed by atoms with E-state index >= 15 is 0 Å². The number of rotatable bonds is 15. The number of aromatic hydroxyl groups is 1. The maximum absolute atomic E-state index is 12.6. The molecule has 220 valence electrons. The molecule has 0 spiro atoms. The number of phenols is 1. The van der Waals surface area contributed by atoms with E-state index in [2.05, 4.69) is 10.0 Å². The molecule has 0 fully saturated rings. The fourth-order valence-corrected chi connectivity index (χ4v) is 5.49. The van der Waals surface area contributed by atoms with Crippen molar-refractivity contribution in [3.8, 4) is 17.2 Å². The first-order valence-corrected chi connectivity index (χ1v) is 15.9. The van der Waals surface area contributed by atoms with Crippen LogP contribution in [0.3, 0.4) is 0 Å². The lowest BCUT2D eigenvalue weighted by Gasteiger charge is -2.29. The Morgan fingerprint density at radius 2 is 1.48 bits per heavy atom. The number of ether oxygens (including phenoxy) is 2. The summed E-state index contributed by atoms with van der Waals surface area (Å²) < 4.78 is 49.7. The van der Waals surface area contributed by atoms with E-state index in [1.165, 1.54) is 18.2 Å². The highest BCUT2D eigenvalue weighted by atomic mass is 32.2. The first kappa shape index (κ1) is 31.0. The van der Waals surface area contributed by atoms with Crippen molar-refractivity contribution in [1.82, 2.24) is 5.32 Å². The molecule has 0 saturated heterocycles. The van der Waals surface area contributed by atoms with Gasteiger partial charge in [0.25, 0.3) is 0 Å². The van der Waals surface area contributed by atoms with Gasteiger partial charge in [-0.05, 0) is 42.8 Å². The highest BCUT2D eigenvalue weighted by Gasteiger charge is 2.38. The maximum Gasteiger partial charge on any atom is 0.238 e. The number of phenolic OH excluding ortho intramolecular Hbond substituents is 1. The smallest absolute Gasteiger partial charge is 0.238 e. The number of sulfonamides is 1. The maximum atomic E-state index is 12.6. The fourth-order valence-electron chi connectivity index (χ4n) is 4.27. The van der Waals surface area contributed by atoms with Crippen LogP contribution >= 0.6 is 8.46 Å². The summed E-state index contributed by atoms with van der Waals surface area (Å²) in [6.07, 6.45) is 0.875. The van der Waals surface area contributed by atoms with E-state index in [1.807, 2.05) is 84.9 Å². The molecule has 0 aliphatic heterocycles. The standard InChI is InChI=1S/C31H33N2O7PS/c1-42(37,38)33-29-20-28(16-17-30(29)35)39-22-26(34)21-32-19-18-23-12-14-27(15-13-23)40-31(41-36,24-8-4-2-5-9-24)25-10-6-3-7-11-25/h2-17,20,26,32-35H,18-19,21-22H2,1H3. The first-order valence-electron chi connectivity index (χ1n) is 13.2. The number of anilines is 1. The summed E-state index contributed by atoms with van der Waals surface area (Å²) >= 11 is 0. The van der Waals surface area contributed by atoms with E-state index in [4.69, 9.17) is 9.47 Å². The Kier molecular flexibility index (Phi) is 10.5. The van der Waals surface area contributed by atoms with Crippen molar-refractivity contribution in [3.63, 3.8) is 0 Å². The Hall–Kier alpha value is -3.95. The minimum atomic E-state index is -3.57. The van der Waals surface area contributed by atoms with Gasteiger partial charge in [-0.3, -0.25) is 9.29 Å². The zero-order chi connectivity index (χ0) is 30.0. The molecule has 4 rings (SSSR count). The molecule has 42 heavy (non-hydrogen) atoms. The van der Waals surface area contributed by atoms with Crippen LogP contribution < -0.4 is 19.5 Å². The molecule has 4 aromatic carbocycles. The second-order valence-corrected chi connectivity index (χ2v) is 12.2. The number of aliphatic hydroxyl groups is 1. The molecule has 4 aromatic rings. The normalized spacial score (nSPS) is 12.5. The number of hydrogen-bond acceptors (Lipinski definition) is 8. The molecule has 4 N–H and O–H groups in total. The van der Waals surface area contributed by atoms with Crippen LogP contribution in [0.5, 0.6) is 17.2 Å². The van der Waals surface area contributed by atoms with E-state index in [1.54, 1.807) is 0 Å². The van der Waals surface area contributed by atoms with Crippen LogP contribution in [-0.4, -0.2) is 50.7 Å². The first-order chi connectivity index (χ1) is 20.2. The fraction of sp³-hybridized carbons (Fsp3) is 0.226. The lowest BCUT2D eigenvalue weighted by molar-refractivity contribution is 0.106. The van der Waals surface area contributed by atoms with Crippen molar-refractivity contribution in [2.75, 3.05) is 30.7 Å². The average molecular weight is 609 g/mol. The van der Waals surface area contributed by atoms with E-state index in [0.29, 0.717) is 24.5 Å². The predicted molar refractivity (Wildman–Crippen MR) is 163 cm³/mol. The molecule has 1 unspecified atom stereocenters. The van der Waals surface area contributed by atoms with Crippen LogP contribution in [0.25, 0.3) is 0 Å². The summed E-state index contributed by atoms with van der Waals surface area (Å²) in [6, 6.07) is 30.7. The third kappa shape index (κ3) is 8.53. The van der Waals surface area contributed by atoms with Gasteiger partial charge in [0.15, 0.2) is 0 Å². The van der Waals surface area contributed by atoms with Crippen LogP contribution in [0, 0.1) is 0 Å². The van der Waals surface area contributed by atoms with Crippen LogP contribution in [0.2, 0.25) is 0 Å². The zero-order valence-electron chi connectivity index (χ0n) is 23.0. The predicted octanol–water partition coefficient (Wildman–Crippen LogP) is 4.91. The Morgan fingerprint density at radius 1 is 0.881 bits per heavy atom. The summed E-state index contributed by atoms with van der Waals surface area (Å²) in [5, 5.41) is 22.1. The number of aliphatic hydroxyl groups excluding tert-OH is 1. The third-order valence-corrected chi connectivity index (χ3v) is 7.78. The van der Waals surface area contributed by atoms with Gasteiger partial charge in [-0.25, -0.2) is 8.42 Å². The zero-order valence-corrected chi connectivity index (χ0v) is 24.7. The van der Waals surface area contributed by atoms with Gasteiger partial charge >= 0.3 is 0 Å². The average Bonchev–Trinajstić information content (AvgIpc) is 2.99. The van der Waals surface area contributed by atoms with Crippen LogP contribution in [0.15, 0.2) is 103 Å². The number of hydrogen-bond donors (Lipinski definition) is 4. The molecule has 9 nitrogen and oxygen atoms in total. The Labute approximate surface area is 247 Å². The van der Waals surface area contributed by atoms with Gasteiger partial charge in [-0.2, -0.15) is 0 Å². The van der Waals surface area contributed by atoms with Gasteiger partial charge < -0.3 is 25.0 Å². The highest BCUT2D eigenvalue weighted by Crippen LogP contribution is 2.43. The van der Waals surface area contributed by atoms with E-state index in [9.17, 15) is 23.2 Å². The van der Waals surface area contributed by atoms with Gasteiger partial charge in [-0.1, -0.05) is 72.8 Å². The van der Waals surface area contributed by atoms with Crippen molar-refractivity contribution in [1.29, 1.82) is 0 Å². The number of nitrogens with one attached hydrogen (secondary N) is 2. The van der Waals surface area contributed by atoms with Crippen molar-refractivity contribution in [2.24, 2.45) is 0 Å². The Balaban J connectivity index is 1.28. The lowest BCUT2D eigenvalue weighted by Crippen LogP contribution is -2.32. The molecular weight excluding hydrogens is 575 g/mol. The van der Waals surface area contributed by atoms with E-state index in [-0.39, 0.29) is 33.0 Å². The molecule has 0 aliphatic rings. The Bertz CT molecular complexity index is 1510. The molecular formula is C31H33N2O7PS. The molecule has 0 amide bonds. The van der Waals surface area contributed by atoms with E-state index < -0.39 is 21.5 Å². The van der Waals surface area contributed by atoms with Gasteiger partial charge in [0, 0.05) is 23.7 Å². The Morgan fingerprint density at radius 3 is 2.05 bits per heavy atom. The monoisotopic (exact) mass is 608 g/mol. The third-order valence-electron chi connectivity index (χ3n) is 6.32. The molecule has 0 heterocycles. The lowest BCUT2D eigenvalue weighted by atomic mass is 10.0. The summed E-state index contributed by atoms with van der Waals surface area (Å²) in [5.41, 5.74) is 2.61. The van der Waals surface area contributed by atoms with Crippen LogP contribution in [0.4, 0.5) is 5.69 Å². The second-order valence-electron chi connectivity index (χ2n) is 9.69. The summed E-state index contributed by atoms with van der Waals surface area (Å²) in [6.45, 7) is 0.870. The minimum Gasteiger partial charge on any atom is -0.506 e. The van der Waals surface area contributed by atoms with Crippen molar-refractivity contribution >= 4 is 24.2 Å². The molecule has 0 bridgehead atoms. The topological polar surface area (TPSA) is 134 Å². The quantitative estimate of drug-likeness (QED) is 0.0850. The van der Waals surface area contributed by atoms with Crippen LogP contribution in [-0.2, 0) is 26.4 Å². The molecule has 11 heteroatoms. The summed E-state index contributed by atoms with van der Waals surface area (Å²) in [7, 11) is -3.76. The summed E-state index contributed by atoms with van der Waals surface area (Å²) in [5.74, 6) is 0.658. The van der Waals surface area contributed by atoms with Gasteiger partial charge in [-0.15, -0.1) is 0 Å². The molecule has 1 atom stereocenters. The molecule has 0 aliphatic carbocycles. The van der Waals surface area contributed by atoms with Crippen LogP contribution in [0.1, 0.15) is 16.7 Å². The molecule has 0 radical (unpaired) electrons. The summed E-state index contributed by atoms with van der Waals surface area (Å²) in [4.78, 5) is 0. The second kappa shape index (κ2) is 14.3. The van der Waals surface area contributed by atoms with Crippen molar-refractivity contribution in [3.05, 3.63) is 120 Å². The van der Waals surface area contributed by atoms with E-state index in [0.717, 1.165) is 22.9 Å². The number of benzene rings is 4. The van der Waals surface area contributed by atoms with Gasteiger partial charge in [0.1, 0.15) is 30.0 Å². The largest absolute Gasteiger partial charge is 0.506 e. The minimum absolute atomic E-state index is 0.00235. The van der Waals surface area contributed by atoms with Crippen molar-refractivity contribution < 1.29 is 32.7 Å². The van der Waals surface area contributed by atoms with Gasteiger partial charge in [0.2, 0.25) is 23.8 Å². The highest BCUT2D eigenvalue weighted by molar-refractivity contribution is 7.92. The SMILES string of the molecule is CS(=O)(=O)Nc1cc(OCC(O)CNCCc2ccc(OC(P=O)(c3ccccc3)c3ccccc3)cc2)ccc1O. The molecule has 0 saturated carbocycles.